The minimum atomic E-state index is -0.0283. The van der Waals surface area contributed by atoms with Crippen LogP contribution in [-0.2, 0) is 11.4 Å². The molecule has 9 heteroatoms. The van der Waals surface area contributed by atoms with Crippen LogP contribution in [0.25, 0.3) is 5.65 Å². The van der Waals surface area contributed by atoms with E-state index < -0.39 is 0 Å². The number of nitrogens with one attached hydrogen (secondary N) is 1. The van der Waals surface area contributed by atoms with Gasteiger partial charge in [0.1, 0.15) is 12.3 Å². The number of benzene rings is 1. The molecule has 3 aromatic rings. The standard InChI is InChI=1S/C21H24N4O3.2ClH/c1-27-18-8-7-16(24-21(26)14-5-6-15(22)10-14)11-19(18)28-13-17-12-25-9-3-2-4-20(25)23-17;;/h2-4,7-9,11-12,14-15H,5-6,10,13,22H2,1H3,(H,24,26);2*1H. The number of anilines is 1. The summed E-state index contributed by atoms with van der Waals surface area (Å²) in [6.45, 7) is 0.299. The number of fused-ring (bicyclic) bond motifs is 1. The first kappa shape index (κ1) is 23.8. The summed E-state index contributed by atoms with van der Waals surface area (Å²) < 4.78 is 13.3. The highest BCUT2D eigenvalue weighted by Crippen LogP contribution is 2.32. The van der Waals surface area contributed by atoms with Crippen molar-refractivity contribution in [3.05, 3.63) is 54.5 Å². The molecule has 2 unspecified atom stereocenters. The van der Waals surface area contributed by atoms with Crippen molar-refractivity contribution in [2.75, 3.05) is 12.4 Å². The number of hydrogen-bond acceptors (Lipinski definition) is 5. The van der Waals surface area contributed by atoms with Crippen LogP contribution in [0.15, 0.2) is 48.8 Å². The fourth-order valence-corrected chi connectivity index (χ4v) is 3.57. The van der Waals surface area contributed by atoms with Crippen molar-refractivity contribution in [3.8, 4) is 11.5 Å². The number of nitrogens with zero attached hydrogens (tertiary/aromatic N) is 2. The Bertz CT molecular complexity index is 962. The first-order valence-corrected chi connectivity index (χ1v) is 9.42. The molecular weight excluding hydrogens is 427 g/mol. The second kappa shape index (κ2) is 10.5. The molecule has 4 rings (SSSR count). The molecule has 1 aliphatic carbocycles. The van der Waals surface area contributed by atoms with Gasteiger partial charge in [-0.15, -0.1) is 24.8 Å². The number of pyridine rings is 1. The summed E-state index contributed by atoms with van der Waals surface area (Å²) in [7, 11) is 1.59. The molecule has 2 aromatic heterocycles. The average Bonchev–Trinajstić information content (AvgIpc) is 3.32. The Balaban J connectivity index is 0.00000160. The number of methoxy groups -OCH3 is 1. The van der Waals surface area contributed by atoms with E-state index in [1.165, 1.54) is 0 Å². The number of hydrogen-bond donors (Lipinski definition) is 2. The Morgan fingerprint density at radius 2 is 2.07 bits per heavy atom. The summed E-state index contributed by atoms with van der Waals surface area (Å²) in [6.07, 6.45) is 6.34. The monoisotopic (exact) mass is 452 g/mol. The van der Waals surface area contributed by atoms with E-state index in [4.69, 9.17) is 15.2 Å². The fourth-order valence-electron chi connectivity index (χ4n) is 3.57. The molecule has 1 saturated carbocycles. The Morgan fingerprint density at radius 1 is 1.23 bits per heavy atom. The third-order valence-corrected chi connectivity index (χ3v) is 5.06. The van der Waals surface area contributed by atoms with Gasteiger partial charge in [-0.05, 0) is 43.5 Å². The molecule has 0 spiro atoms. The minimum Gasteiger partial charge on any atom is -0.493 e. The number of nitrogens with two attached hydrogens (primary N) is 1. The van der Waals surface area contributed by atoms with Crippen molar-refractivity contribution in [3.63, 3.8) is 0 Å². The number of aromatic nitrogens is 2. The van der Waals surface area contributed by atoms with Gasteiger partial charge in [0.25, 0.3) is 0 Å². The first-order valence-electron chi connectivity index (χ1n) is 9.42. The number of rotatable bonds is 6. The van der Waals surface area contributed by atoms with Crippen molar-refractivity contribution in [2.45, 2.75) is 31.9 Å². The van der Waals surface area contributed by atoms with Gasteiger partial charge < -0.3 is 24.9 Å². The van der Waals surface area contributed by atoms with Gasteiger partial charge in [-0.25, -0.2) is 4.98 Å². The predicted molar refractivity (Wildman–Crippen MR) is 121 cm³/mol. The van der Waals surface area contributed by atoms with Crippen molar-refractivity contribution < 1.29 is 14.3 Å². The van der Waals surface area contributed by atoms with Gasteiger partial charge in [-0.1, -0.05) is 6.07 Å². The van der Waals surface area contributed by atoms with Gasteiger partial charge in [-0.2, -0.15) is 0 Å². The highest BCUT2D eigenvalue weighted by molar-refractivity contribution is 5.93. The molecule has 0 bridgehead atoms. The highest BCUT2D eigenvalue weighted by Gasteiger charge is 2.27. The maximum absolute atomic E-state index is 12.5. The van der Waals surface area contributed by atoms with Crippen LogP contribution in [0.4, 0.5) is 5.69 Å². The molecule has 0 aliphatic heterocycles. The zero-order valence-corrected chi connectivity index (χ0v) is 18.2. The second-order valence-electron chi connectivity index (χ2n) is 7.11. The van der Waals surface area contributed by atoms with E-state index >= 15 is 0 Å². The number of amides is 1. The summed E-state index contributed by atoms with van der Waals surface area (Å²) in [6, 6.07) is 11.3. The number of carbonyl (C=O) groups is 1. The van der Waals surface area contributed by atoms with Gasteiger partial charge in [-0.3, -0.25) is 4.79 Å². The number of ether oxygens (including phenoxy) is 2. The molecule has 1 fully saturated rings. The van der Waals surface area contributed by atoms with E-state index in [1.54, 1.807) is 19.2 Å². The first-order chi connectivity index (χ1) is 13.6. The molecular formula is C21H26Cl2N4O3. The van der Waals surface area contributed by atoms with Crippen LogP contribution in [0, 0.1) is 5.92 Å². The summed E-state index contributed by atoms with van der Waals surface area (Å²) in [5, 5.41) is 2.97. The van der Waals surface area contributed by atoms with E-state index in [2.05, 4.69) is 10.3 Å². The molecule has 1 amide bonds. The lowest BCUT2D eigenvalue weighted by atomic mass is 10.1. The lowest BCUT2D eigenvalue weighted by Gasteiger charge is -2.14. The quantitative estimate of drug-likeness (QED) is 0.592. The summed E-state index contributed by atoms with van der Waals surface area (Å²) in [5.41, 5.74) is 8.27. The normalized spacial score (nSPS) is 17.7. The Morgan fingerprint density at radius 3 is 2.77 bits per heavy atom. The molecule has 30 heavy (non-hydrogen) atoms. The largest absolute Gasteiger partial charge is 0.493 e. The third kappa shape index (κ3) is 5.36. The maximum Gasteiger partial charge on any atom is 0.227 e. The van der Waals surface area contributed by atoms with E-state index in [0.717, 1.165) is 30.6 Å². The molecule has 1 aliphatic rings. The van der Waals surface area contributed by atoms with E-state index in [0.29, 0.717) is 23.8 Å². The number of halogens is 2. The zero-order valence-electron chi connectivity index (χ0n) is 16.6. The van der Waals surface area contributed by atoms with Gasteiger partial charge in [0.15, 0.2) is 11.5 Å². The van der Waals surface area contributed by atoms with Gasteiger partial charge in [0, 0.05) is 36.1 Å². The number of carbonyl (C=O) groups excluding carboxylic acids is 1. The smallest absolute Gasteiger partial charge is 0.227 e. The summed E-state index contributed by atoms with van der Waals surface area (Å²) >= 11 is 0. The van der Waals surface area contributed by atoms with Crippen LogP contribution < -0.4 is 20.5 Å². The topological polar surface area (TPSA) is 90.9 Å². The van der Waals surface area contributed by atoms with Gasteiger partial charge in [0.2, 0.25) is 5.91 Å². The van der Waals surface area contributed by atoms with Crippen LogP contribution in [0.2, 0.25) is 0 Å². The van der Waals surface area contributed by atoms with Crippen LogP contribution >= 0.6 is 24.8 Å². The Labute approximate surface area is 187 Å². The summed E-state index contributed by atoms with van der Waals surface area (Å²) in [4.78, 5) is 17.0. The lowest BCUT2D eigenvalue weighted by molar-refractivity contribution is -0.119. The van der Waals surface area contributed by atoms with Gasteiger partial charge in [0.05, 0.1) is 12.8 Å². The lowest BCUT2D eigenvalue weighted by Crippen LogP contribution is -2.23. The highest BCUT2D eigenvalue weighted by atomic mass is 35.5. The van der Waals surface area contributed by atoms with Crippen LogP contribution in [0.5, 0.6) is 11.5 Å². The number of imidazole rings is 1. The molecule has 0 saturated heterocycles. The molecule has 0 radical (unpaired) electrons. The van der Waals surface area contributed by atoms with Crippen molar-refractivity contribution in [1.29, 1.82) is 0 Å². The average molecular weight is 453 g/mol. The van der Waals surface area contributed by atoms with Crippen molar-refractivity contribution >= 4 is 42.1 Å². The van der Waals surface area contributed by atoms with E-state index in [-0.39, 0.29) is 42.7 Å². The fraction of sp³-hybridized carbons (Fsp3) is 0.333. The second-order valence-corrected chi connectivity index (χ2v) is 7.11. The summed E-state index contributed by atoms with van der Waals surface area (Å²) in [5.74, 6) is 1.13. The Hall–Kier alpha value is -2.48. The van der Waals surface area contributed by atoms with Gasteiger partial charge >= 0.3 is 0 Å². The third-order valence-electron chi connectivity index (χ3n) is 5.06. The van der Waals surface area contributed by atoms with E-state index in [9.17, 15) is 4.79 Å². The molecule has 1 aromatic carbocycles. The Kier molecular flexibility index (Phi) is 8.34. The SMILES string of the molecule is COc1ccc(NC(=O)C2CCC(N)C2)cc1OCc1cn2ccccc2n1.Cl.Cl. The maximum atomic E-state index is 12.5. The zero-order chi connectivity index (χ0) is 19.5. The molecule has 162 valence electrons. The van der Waals surface area contributed by atoms with E-state index in [1.807, 2.05) is 41.1 Å². The molecule has 2 atom stereocenters. The molecule has 7 nitrogen and oxygen atoms in total. The minimum absolute atomic E-state index is 0. The van der Waals surface area contributed by atoms with Crippen LogP contribution in [-0.4, -0.2) is 28.4 Å². The van der Waals surface area contributed by atoms with Crippen molar-refractivity contribution in [2.24, 2.45) is 11.7 Å². The molecule has 3 N–H and O–H groups in total. The predicted octanol–water partition coefficient (Wildman–Crippen LogP) is 3.83. The molecule has 2 heterocycles. The van der Waals surface area contributed by atoms with Crippen molar-refractivity contribution in [1.82, 2.24) is 9.38 Å². The van der Waals surface area contributed by atoms with Crippen LogP contribution in [0.3, 0.4) is 0 Å². The van der Waals surface area contributed by atoms with Crippen LogP contribution in [0.1, 0.15) is 25.0 Å².